The zero-order chi connectivity index (χ0) is 15.7. The Morgan fingerprint density at radius 2 is 1.76 bits per heavy atom. The second kappa shape index (κ2) is 6.39. The highest BCUT2D eigenvalue weighted by molar-refractivity contribution is 9.10. The summed E-state index contributed by atoms with van der Waals surface area (Å²) in [5.74, 6) is -0.208. The highest BCUT2D eigenvalue weighted by Gasteiger charge is 2.16. The molecule has 110 valence electrons. The van der Waals surface area contributed by atoms with Gasteiger partial charge in [-0.05, 0) is 55.7 Å². The minimum Gasteiger partial charge on any atom is -0.321 e. The summed E-state index contributed by atoms with van der Waals surface area (Å²) in [6.45, 7) is 5.95. The SMILES string of the molecule is Cc1c(Br)cc(C(=O)Nc2cccc(Cl)c2Cl)c(C)c1C. The van der Waals surface area contributed by atoms with Crippen molar-refractivity contribution >= 4 is 50.7 Å². The third-order valence-corrected chi connectivity index (χ3v) is 5.25. The van der Waals surface area contributed by atoms with E-state index in [1.807, 2.05) is 26.8 Å². The van der Waals surface area contributed by atoms with E-state index in [2.05, 4.69) is 21.2 Å². The van der Waals surface area contributed by atoms with Crippen LogP contribution in [0.2, 0.25) is 10.0 Å². The molecular weight excluding hydrogens is 373 g/mol. The van der Waals surface area contributed by atoms with E-state index in [-0.39, 0.29) is 5.91 Å². The topological polar surface area (TPSA) is 29.1 Å². The quantitative estimate of drug-likeness (QED) is 0.680. The fourth-order valence-electron chi connectivity index (χ4n) is 2.03. The molecule has 2 aromatic carbocycles. The third kappa shape index (κ3) is 3.25. The normalized spacial score (nSPS) is 10.6. The van der Waals surface area contributed by atoms with Crippen molar-refractivity contribution in [1.82, 2.24) is 0 Å². The summed E-state index contributed by atoms with van der Waals surface area (Å²) in [4.78, 5) is 12.5. The average Bonchev–Trinajstić information content (AvgIpc) is 2.45. The van der Waals surface area contributed by atoms with Gasteiger partial charge in [0.2, 0.25) is 0 Å². The van der Waals surface area contributed by atoms with Crippen molar-refractivity contribution in [2.75, 3.05) is 5.32 Å². The number of hydrogen-bond donors (Lipinski definition) is 1. The van der Waals surface area contributed by atoms with Gasteiger partial charge in [-0.3, -0.25) is 4.79 Å². The molecule has 0 heterocycles. The Hall–Kier alpha value is -1.03. The first-order valence-electron chi connectivity index (χ1n) is 6.34. The van der Waals surface area contributed by atoms with E-state index in [1.54, 1.807) is 18.2 Å². The zero-order valence-electron chi connectivity index (χ0n) is 11.9. The Kier molecular flexibility index (Phi) is 4.97. The van der Waals surface area contributed by atoms with Crippen LogP contribution >= 0.6 is 39.1 Å². The molecule has 0 aliphatic carbocycles. The van der Waals surface area contributed by atoms with Gasteiger partial charge < -0.3 is 5.32 Å². The molecule has 0 unspecified atom stereocenters. The number of carbonyl (C=O) groups excluding carboxylic acids is 1. The lowest BCUT2D eigenvalue weighted by Crippen LogP contribution is -2.15. The van der Waals surface area contributed by atoms with Crippen LogP contribution in [-0.4, -0.2) is 5.91 Å². The summed E-state index contributed by atoms with van der Waals surface area (Å²) in [6.07, 6.45) is 0. The minimum absolute atomic E-state index is 0.208. The molecule has 2 nitrogen and oxygen atoms in total. The monoisotopic (exact) mass is 385 g/mol. The maximum Gasteiger partial charge on any atom is 0.256 e. The smallest absolute Gasteiger partial charge is 0.256 e. The van der Waals surface area contributed by atoms with Crippen LogP contribution in [0.15, 0.2) is 28.7 Å². The number of nitrogens with one attached hydrogen (secondary N) is 1. The lowest BCUT2D eigenvalue weighted by molar-refractivity contribution is 0.102. The van der Waals surface area contributed by atoms with Gasteiger partial charge in [0, 0.05) is 10.0 Å². The first-order valence-corrected chi connectivity index (χ1v) is 7.89. The standard InChI is InChI=1S/C16H14BrCl2NO/c1-8-9(2)11(7-12(17)10(8)3)16(21)20-14-6-4-5-13(18)15(14)19/h4-7H,1-3H3,(H,20,21). The van der Waals surface area contributed by atoms with Crippen molar-refractivity contribution in [1.29, 1.82) is 0 Å². The Balaban J connectivity index is 2.40. The van der Waals surface area contributed by atoms with Crippen LogP contribution in [0.5, 0.6) is 0 Å². The molecule has 0 radical (unpaired) electrons. The molecule has 1 amide bonds. The van der Waals surface area contributed by atoms with Crippen LogP contribution in [0, 0.1) is 20.8 Å². The van der Waals surface area contributed by atoms with Crippen molar-refractivity contribution in [2.24, 2.45) is 0 Å². The first kappa shape index (κ1) is 16.3. The highest BCUT2D eigenvalue weighted by atomic mass is 79.9. The number of benzene rings is 2. The van der Waals surface area contributed by atoms with Crippen molar-refractivity contribution in [2.45, 2.75) is 20.8 Å². The first-order chi connectivity index (χ1) is 9.82. The van der Waals surface area contributed by atoms with Crippen molar-refractivity contribution in [3.8, 4) is 0 Å². The molecule has 5 heteroatoms. The second-order valence-corrected chi connectivity index (χ2v) is 6.48. The van der Waals surface area contributed by atoms with Crippen LogP contribution < -0.4 is 5.32 Å². The molecule has 0 atom stereocenters. The number of rotatable bonds is 2. The van der Waals surface area contributed by atoms with Gasteiger partial charge in [-0.1, -0.05) is 45.2 Å². The van der Waals surface area contributed by atoms with Gasteiger partial charge in [0.1, 0.15) is 0 Å². The Morgan fingerprint density at radius 1 is 1.10 bits per heavy atom. The number of amides is 1. The molecule has 2 rings (SSSR count). The fourth-order valence-corrected chi connectivity index (χ4v) is 2.91. The molecule has 0 bridgehead atoms. The molecule has 0 aliphatic rings. The molecule has 0 saturated carbocycles. The van der Waals surface area contributed by atoms with Crippen LogP contribution in [0.25, 0.3) is 0 Å². The zero-order valence-corrected chi connectivity index (χ0v) is 14.9. The fraction of sp³-hybridized carbons (Fsp3) is 0.188. The predicted octanol–water partition coefficient (Wildman–Crippen LogP) is 5.93. The maximum atomic E-state index is 12.5. The number of hydrogen-bond acceptors (Lipinski definition) is 1. The van der Waals surface area contributed by atoms with Crippen LogP contribution in [0.4, 0.5) is 5.69 Å². The molecule has 21 heavy (non-hydrogen) atoms. The lowest BCUT2D eigenvalue weighted by Gasteiger charge is -2.14. The van der Waals surface area contributed by atoms with E-state index in [0.29, 0.717) is 21.3 Å². The molecule has 0 saturated heterocycles. The summed E-state index contributed by atoms with van der Waals surface area (Å²) in [6, 6.07) is 6.97. The predicted molar refractivity (Wildman–Crippen MR) is 92.8 cm³/mol. The second-order valence-electron chi connectivity index (χ2n) is 4.84. The summed E-state index contributed by atoms with van der Waals surface area (Å²) in [7, 11) is 0. The van der Waals surface area contributed by atoms with E-state index >= 15 is 0 Å². The summed E-state index contributed by atoms with van der Waals surface area (Å²) >= 11 is 15.5. The lowest BCUT2D eigenvalue weighted by atomic mass is 9.98. The summed E-state index contributed by atoms with van der Waals surface area (Å²) < 4.78 is 0.910. The van der Waals surface area contributed by atoms with Gasteiger partial charge >= 0.3 is 0 Å². The number of anilines is 1. The third-order valence-electron chi connectivity index (χ3n) is 3.60. The van der Waals surface area contributed by atoms with E-state index in [4.69, 9.17) is 23.2 Å². The van der Waals surface area contributed by atoms with E-state index < -0.39 is 0 Å². The van der Waals surface area contributed by atoms with Gasteiger partial charge in [0.15, 0.2) is 0 Å². The van der Waals surface area contributed by atoms with Gasteiger partial charge in [-0.25, -0.2) is 0 Å². The summed E-state index contributed by atoms with van der Waals surface area (Å²) in [5.41, 5.74) is 4.28. The molecule has 0 aromatic heterocycles. The highest BCUT2D eigenvalue weighted by Crippen LogP contribution is 2.31. The maximum absolute atomic E-state index is 12.5. The Labute approximate surface area is 142 Å². The van der Waals surface area contributed by atoms with Crippen LogP contribution in [-0.2, 0) is 0 Å². The van der Waals surface area contributed by atoms with Crippen molar-refractivity contribution < 1.29 is 4.79 Å². The molecule has 0 fully saturated rings. The van der Waals surface area contributed by atoms with Crippen molar-refractivity contribution in [3.05, 3.63) is 61.0 Å². The molecular formula is C16H14BrCl2NO. The van der Waals surface area contributed by atoms with E-state index in [0.717, 1.165) is 21.2 Å². The van der Waals surface area contributed by atoms with E-state index in [1.165, 1.54) is 0 Å². The van der Waals surface area contributed by atoms with Gasteiger partial charge in [-0.15, -0.1) is 0 Å². The van der Waals surface area contributed by atoms with E-state index in [9.17, 15) is 4.79 Å². The Morgan fingerprint density at radius 3 is 2.43 bits per heavy atom. The Bertz CT molecular complexity index is 729. The van der Waals surface area contributed by atoms with Gasteiger partial charge in [0.25, 0.3) is 5.91 Å². The largest absolute Gasteiger partial charge is 0.321 e. The number of carbonyl (C=O) groups is 1. The van der Waals surface area contributed by atoms with Crippen LogP contribution in [0.1, 0.15) is 27.0 Å². The summed E-state index contributed by atoms with van der Waals surface area (Å²) in [5, 5.41) is 3.56. The molecule has 0 spiro atoms. The molecule has 2 aromatic rings. The number of halogens is 3. The minimum atomic E-state index is -0.208. The van der Waals surface area contributed by atoms with Crippen molar-refractivity contribution in [3.63, 3.8) is 0 Å². The molecule has 1 N–H and O–H groups in total. The van der Waals surface area contributed by atoms with Gasteiger partial charge in [-0.2, -0.15) is 0 Å². The molecule has 0 aliphatic heterocycles. The average molecular weight is 387 g/mol. The van der Waals surface area contributed by atoms with Crippen LogP contribution in [0.3, 0.4) is 0 Å². The van der Waals surface area contributed by atoms with Gasteiger partial charge in [0.05, 0.1) is 15.7 Å².